The van der Waals surface area contributed by atoms with Gasteiger partial charge < -0.3 is 4.57 Å². The first-order valence-corrected chi connectivity index (χ1v) is 7.28. The number of para-hydroxylation sites is 1. The van der Waals surface area contributed by atoms with E-state index in [4.69, 9.17) is 11.6 Å². The maximum Gasteiger partial charge on any atom is 0.111 e. The zero-order valence-corrected chi connectivity index (χ0v) is 12.2. The van der Waals surface area contributed by atoms with Crippen molar-refractivity contribution in [2.45, 2.75) is 19.5 Å². The fraction of sp³-hybridized carbons (Fsp3) is 0.267. The Morgan fingerprint density at radius 2 is 2.14 bits per heavy atom. The van der Waals surface area contributed by atoms with E-state index >= 15 is 0 Å². The minimum atomic E-state index is 0.507. The van der Waals surface area contributed by atoms with Crippen LogP contribution in [0.5, 0.6) is 0 Å². The van der Waals surface area contributed by atoms with E-state index in [0.717, 1.165) is 29.9 Å². The molecule has 0 bridgehead atoms. The van der Waals surface area contributed by atoms with Crippen LogP contribution in [0.1, 0.15) is 11.4 Å². The van der Waals surface area contributed by atoms with Crippen LogP contribution in [0.3, 0.4) is 0 Å². The summed E-state index contributed by atoms with van der Waals surface area (Å²) in [5.41, 5.74) is 2.32. The number of alkyl halides is 1. The average molecular weight is 300 g/mol. The number of halogens is 1. The topological polar surface area (TPSA) is 59.4 Å². The van der Waals surface area contributed by atoms with Gasteiger partial charge in [0.1, 0.15) is 17.4 Å². The number of nitriles is 1. The molecule has 1 aromatic carbocycles. The largest absolute Gasteiger partial charge is 0.326 e. The molecule has 0 aliphatic rings. The molecule has 0 amide bonds. The Hall–Kier alpha value is -2.32. The van der Waals surface area contributed by atoms with Gasteiger partial charge >= 0.3 is 0 Å². The molecule has 0 aliphatic carbocycles. The van der Waals surface area contributed by atoms with E-state index in [0.29, 0.717) is 17.9 Å². The van der Waals surface area contributed by atoms with Gasteiger partial charge in [0.15, 0.2) is 0 Å². The van der Waals surface area contributed by atoms with Crippen LogP contribution in [0.2, 0.25) is 0 Å². The Bertz CT molecular complexity index is 782. The van der Waals surface area contributed by atoms with E-state index in [2.05, 4.69) is 20.7 Å². The molecule has 2 heterocycles. The lowest BCUT2D eigenvalue weighted by atomic mass is 10.2. The number of hydrogen-bond donors (Lipinski definition) is 0. The van der Waals surface area contributed by atoms with Crippen molar-refractivity contribution in [1.82, 2.24) is 19.3 Å². The van der Waals surface area contributed by atoms with Gasteiger partial charge in [-0.2, -0.15) is 10.4 Å². The van der Waals surface area contributed by atoms with Crippen LogP contribution in [0, 0.1) is 11.3 Å². The number of nitrogens with zero attached hydrogens (tertiary/aromatic N) is 5. The molecule has 0 saturated carbocycles. The van der Waals surface area contributed by atoms with Crippen molar-refractivity contribution in [3.05, 3.63) is 48.0 Å². The lowest BCUT2D eigenvalue weighted by Gasteiger charge is -2.08. The van der Waals surface area contributed by atoms with E-state index in [1.165, 1.54) is 0 Å². The third-order valence-electron chi connectivity index (χ3n) is 3.41. The second-order valence-corrected chi connectivity index (χ2v) is 5.05. The lowest BCUT2D eigenvalue weighted by Crippen LogP contribution is -2.11. The van der Waals surface area contributed by atoms with Crippen molar-refractivity contribution in [1.29, 1.82) is 5.26 Å². The highest BCUT2D eigenvalue weighted by Gasteiger charge is 2.13. The van der Waals surface area contributed by atoms with Gasteiger partial charge in [-0.1, -0.05) is 6.07 Å². The fourth-order valence-corrected chi connectivity index (χ4v) is 2.61. The first-order valence-electron chi connectivity index (χ1n) is 6.75. The van der Waals surface area contributed by atoms with Gasteiger partial charge in [0, 0.05) is 31.2 Å². The second-order valence-electron chi connectivity index (χ2n) is 4.67. The number of imidazole rings is 1. The molecule has 0 saturated heterocycles. The molecule has 0 N–H and O–H groups in total. The predicted octanol–water partition coefficient (Wildman–Crippen LogP) is 2.59. The zero-order valence-electron chi connectivity index (χ0n) is 11.4. The summed E-state index contributed by atoms with van der Waals surface area (Å²) >= 11 is 5.87. The van der Waals surface area contributed by atoms with Crippen LogP contribution in [-0.2, 0) is 19.5 Å². The summed E-state index contributed by atoms with van der Waals surface area (Å²) in [7, 11) is 0. The first-order chi connectivity index (χ1) is 10.3. The SMILES string of the molecule is N#Cc1cccc2c1nc(CCCl)n2CCn1cccn1. The predicted molar refractivity (Wildman–Crippen MR) is 81.1 cm³/mol. The van der Waals surface area contributed by atoms with Crippen LogP contribution < -0.4 is 0 Å². The monoisotopic (exact) mass is 299 g/mol. The third-order valence-corrected chi connectivity index (χ3v) is 3.60. The standard InChI is InChI=1S/C15H14ClN5/c16-6-5-14-19-15-12(11-17)3-1-4-13(15)21(14)10-9-20-8-2-7-18-20/h1-4,7-8H,5-6,9-10H2. The van der Waals surface area contributed by atoms with E-state index in [9.17, 15) is 5.26 Å². The number of hydrogen-bond acceptors (Lipinski definition) is 3. The van der Waals surface area contributed by atoms with Gasteiger partial charge in [0.05, 0.1) is 17.6 Å². The quantitative estimate of drug-likeness (QED) is 0.680. The molecule has 0 spiro atoms. The minimum Gasteiger partial charge on any atom is -0.326 e. The van der Waals surface area contributed by atoms with Crippen LogP contribution in [0.25, 0.3) is 11.0 Å². The molecule has 2 aromatic heterocycles. The van der Waals surface area contributed by atoms with Crippen LogP contribution in [0.15, 0.2) is 36.7 Å². The van der Waals surface area contributed by atoms with Gasteiger partial charge in [-0.25, -0.2) is 4.98 Å². The summed E-state index contributed by atoms with van der Waals surface area (Å²) in [6, 6.07) is 9.76. The molecule has 0 radical (unpaired) electrons. The highest BCUT2D eigenvalue weighted by molar-refractivity contribution is 6.17. The van der Waals surface area contributed by atoms with E-state index in [-0.39, 0.29) is 0 Å². The molecule has 0 atom stereocenters. The van der Waals surface area contributed by atoms with Gasteiger partial charge in [-0.15, -0.1) is 11.6 Å². The van der Waals surface area contributed by atoms with Crippen LogP contribution in [0.4, 0.5) is 0 Å². The van der Waals surface area contributed by atoms with Crippen molar-refractivity contribution in [2.75, 3.05) is 5.88 Å². The molecule has 0 aliphatic heterocycles. The minimum absolute atomic E-state index is 0.507. The van der Waals surface area contributed by atoms with Gasteiger partial charge in [-0.05, 0) is 18.2 Å². The lowest BCUT2D eigenvalue weighted by molar-refractivity contribution is 0.530. The van der Waals surface area contributed by atoms with Crippen molar-refractivity contribution in [3.63, 3.8) is 0 Å². The maximum atomic E-state index is 9.21. The third kappa shape index (κ3) is 2.63. The Morgan fingerprint density at radius 1 is 1.24 bits per heavy atom. The highest BCUT2D eigenvalue weighted by Crippen LogP contribution is 2.20. The molecule has 0 fully saturated rings. The number of rotatable bonds is 5. The number of aromatic nitrogens is 4. The molecule has 5 nitrogen and oxygen atoms in total. The van der Waals surface area contributed by atoms with Crippen molar-refractivity contribution >= 4 is 22.6 Å². The van der Waals surface area contributed by atoms with Gasteiger partial charge in [-0.3, -0.25) is 4.68 Å². The summed E-state index contributed by atoms with van der Waals surface area (Å²) in [5, 5.41) is 13.4. The number of aryl methyl sites for hydroxylation is 3. The molecule has 0 unspecified atom stereocenters. The van der Waals surface area contributed by atoms with E-state index in [1.807, 2.05) is 29.1 Å². The number of benzene rings is 1. The molecule has 3 rings (SSSR count). The summed E-state index contributed by atoms with van der Waals surface area (Å²) in [6.45, 7) is 1.50. The summed E-state index contributed by atoms with van der Waals surface area (Å²) in [6.07, 6.45) is 4.38. The van der Waals surface area contributed by atoms with Crippen molar-refractivity contribution in [3.8, 4) is 6.07 Å². The fourth-order valence-electron chi connectivity index (χ4n) is 2.45. The summed E-state index contributed by atoms with van der Waals surface area (Å²) in [4.78, 5) is 4.60. The van der Waals surface area contributed by atoms with Gasteiger partial charge in [0.2, 0.25) is 0 Å². The van der Waals surface area contributed by atoms with E-state index < -0.39 is 0 Å². The molecular weight excluding hydrogens is 286 g/mol. The van der Waals surface area contributed by atoms with Gasteiger partial charge in [0.25, 0.3) is 0 Å². The maximum absolute atomic E-state index is 9.21. The zero-order chi connectivity index (χ0) is 14.7. The van der Waals surface area contributed by atoms with E-state index in [1.54, 1.807) is 12.3 Å². The Labute approximate surface area is 127 Å². The summed E-state index contributed by atoms with van der Waals surface area (Å²) in [5.74, 6) is 1.42. The first kappa shape index (κ1) is 13.7. The van der Waals surface area contributed by atoms with Crippen molar-refractivity contribution < 1.29 is 0 Å². The number of fused-ring (bicyclic) bond motifs is 1. The smallest absolute Gasteiger partial charge is 0.111 e. The Morgan fingerprint density at radius 3 is 2.86 bits per heavy atom. The van der Waals surface area contributed by atoms with Crippen molar-refractivity contribution in [2.24, 2.45) is 0 Å². The summed E-state index contributed by atoms with van der Waals surface area (Å²) < 4.78 is 4.00. The molecule has 3 aromatic rings. The second kappa shape index (κ2) is 5.98. The Balaban J connectivity index is 2.02. The molecule has 6 heteroatoms. The van der Waals surface area contributed by atoms with Crippen LogP contribution in [-0.4, -0.2) is 25.2 Å². The highest BCUT2D eigenvalue weighted by atomic mass is 35.5. The average Bonchev–Trinajstić information content (AvgIpc) is 3.12. The molecular formula is C15H14ClN5. The van der Waals surface area contributed by atoms with Crippen LogP contribution >= 0.6 is 11.6 Å². The normalized spacial score (nSPS) is 10.9. The Kier molecular flexibility index (Phi) is 3.89. The molecule has 106 valence electrons. The molecule has 21 heavy (non-hydrogen) atoms.